The van der Waals surface area contributed by atoms with Gasteiger partial charge in [0.2, 0.25) is 0 Å². The summed E-state index contributed by atoms with van der Waals surface area (Å²) in [5, 5.41) is -0.120. The quantitative estimate of drug-likeness (QED) is 0.561. The molecule has 0 N–H and O–H groups in total. The average Bonchev–Trinajstić information content (AvgIpc) is 2.36. The zero-order valence-electron chi connectivity index (χ0n) is 10.3. The summed E-state index contributed by atoms with van der Waals surface area (Å²) >= 11 is 6.21. The minimum atomic E-state index is -0.645. The van der Waals surface area contributed by atoms with Crippen LogP contribution in [0.2, 0.25) is 0 Å². The minimum absolute atomic E-state index is 0.100. The summed E-state index contributed by atoms with van der Waals surface area (Å²) in [7, 11) is 2.60. The summed E-state index contributed by atoms with van der Waals surface area (Å²) in [6.45, 7) is 2.36. The number of hydrogen-bond donors (Lipinski definition) is 0. The first-order valence-corrected chi connectivity index (χ1v) is 6.06. The lowest BCUT2D eigenvalue weighted by Gasteiger charge is -2.40. The fourth-order valence-corrected chi connectivity index (χ4v) is 2.68. The predicted octanol–water partition coefficient (Wildman–Crippen LogP) is 1.63. The molecule has 17 heavy (non-hydrogen) atoms. The highest BCUT2D eigenvalue weighted by molar-refractivity contribution is 6.21. The van der Waals surface area contributed by atoms with Crippen molar-refractivity contribution in [3.8, 4) is 0 Å². The highest BCUT2D eigenvalue weighted by Crippen LogP contribution is 2.31. The number of hydrogen-bond acceptors (Lipinski definition) is 4. The molecule has 1 aliphatic heterocycles. The Hall–Kier alpha value is -0.970. The number of ether oxygens (including phenoxy) is 2. The van der Waals surface area contributed by atoms with Gasteiger partial charge in [-0.3, -0.25) is 4.90 Å². The maximum Gasteiger partial charge on any atom is 0.410 e. The van der Waals surface area contributed by atoms with Crippen LogP contribution < -0.4 is 0 Å². The van der Waals surface area contributed by atoms with Gasteiger partial charge in [0.05, 0.1) is 14.2 Å². The lowest BCUT2D eigenvalue weighted by molar-refractivity contribution is -0.149. The van der Waals surface area contributed by atoms with E-state index in [1.165, 1.54) is 19.1 Å². The molecule has 0 aromatic heterocycles. The summed E-state index contributed by atoms with van der Waals surface area (Å²) in [5.41, 5.74) is 0. The summed E-state index contributed by atoms with van der Waals surface area (Å²) in [6, 6.07) is -0.645. The number of amides is 1. The second kappa shape index (κ2) is 6.10. The number of methoxy groups -OCH3 is 2. The van der Waals surface area contributed by atoms with Crippen molar-refractivity contribution in [1.29, 1.82) is 0 Å². The standard InChI is InChI=1S/C11H18ClNO4/c1-4-7-8(12)5-6-13(11(15)17-3)9(7)10(14)16-2/h7-9H,4-6H2,1-3H3/t7-,8+,9+/m1/s1. The van der Waals surface area contributed by atoms with Crippen LogP contribution in [0.15, 0.2) is 0 Å². The van der Waals surface area contributed by atoms with Crippen LogP contribution in [-0.2, 0) is 14.3 Å². The summed E-state index contributed by atoms with van der Waals surface area (Å²) in [4.78, 5) is 24.8. The largest absolute Gasteiger partial charge is 0.467 e. The first-order valence-electron chi connectivity index (χ1n) is 5.63. The number of alkyl halides is 1. The number of likely N-dealkylation sites (tertiary alicyclic amines) is 1. The van der Waals surface area contributed by atoms with Crippen LogP contribution in [0.3, 0.4) is 0 Å². The Morgan fingerprint density at radius 2 is 2.00 bits per heavy atom. The van der Waals surface area contributed by atoms with Gasteiger partial charge in [0, 0.05) is 17.8 Å². The Bertz CT molecular complexity index is 297. The molecule has 0 radical (unpaired) electrons. The normalized spacial score (nSPS) is 28.7. The van der Waals surface area contributed by atoms with Crippen molar-refractivity contribution in [3.63, 3.8) is 0 Å². The molecule has 0 saturated carbocycles. The number of carbonyl (C=O) groups is 2. The highest BCUT2D eigenvalue weighted by atomic mass is 35.5. The Morgan fingerprint density at radius 1 is 1.35 bits per heavy atom. The Balaban J connectivity index is 2.96. The lowest BCUT2D eigenvalue weighted by Crippen LogP contribution is -2.56. The summed E-state index contributed by atoms with van der Waals surface area (Å²) in [6.07, 6.45) is 0.854. The van der Waals surface area contributed by atoms with Crippen molar-refractivity contribution in [2.75, 3.05) is 20.8 Å². The molecule has 0 bridgehead atoms. The van der Waals surface area contributed by atoms with Gasteiger partial charge in [0.25, 0.3) is 0 Å². The number of nitrogens with zero attached hydrogens (tertiary/aromatic N) is 1. The fourth-order valence-electron chi connectivity index (χ4n) is 2.27. The highest BCUT2D eigenvalue weighted by Gasteiger charge is 2.43. The number of carbonyl (C=O) groups excluding carboxylic acids is 2. The zero-order valence-corrected chi connectivity index (χ0v) is 11.1. The monoisotopic (exact) mass is 263 g/mol. The molecule has 0 aliphatic carbocycles. The molecular weight excluding hydrogens is 246 g/mol. The second-order valence-corrected chi connectivity index (χ2v) is 4.57. The van der Waals surface area contributed by atoms with Gasteiger partial charge in [-0.05, 0) is 12.8 Å². The third-order valence-electron chi connectivity index (χ3n) is 3.17. The van der Waals surface area contributed by atoms with Crippen LogP contribution in [0.1, 0.15) is 19.8 Å². The van der Waals surface area contributed by atoms with Crippen molar-refractivity contribution in [2.45, 2.75) is 31.2 Å². The van der Waals surface area contributed by atoms with E-state index < -0.39 is 18.1 Å². The first-order chi connectivity index (χ1) is 8.06. The fraction of sp³-hybridized carbons (Fsp3) is 0.818. The molecule has 5 nitrogen and oxygen atoms in total. The van der Waals surface area contributed by atoms with Gasteiger partial charge >= 0.3 is 12.1 Å². The number of rotatable bonds is 2. The molecule has 1 aliphatic rings. The second-order valence-electron chi connectivity index (χ2n) is 4.01. The summed E-state index contributed by atoms with van der Waals surface area (Å²) < 4.78 is 9.43. The van der Waals surface area contributed by atoms with Crippen LogP contribution in [-0.4, -0.2) is 49.1 Å². The zero-order chi connectivity index (χ0) is 13.0. The van der Waals surface area contributed by atoms with E-state index in [-0.39, 0.29) is 11.3 Å². The van der Waals surface area contributed by atoms with Crippen molar-refractivity contribution in [3.05, 3.63) is 0 Å². The third-order valence-corrected chi connectivity index (χ3v) is 3.72. The van der Waals surface area contributed by atoms with Gasteiger partial charge in [0.15, 0.2) is 0 Å². The van der Waals surface area contributed by atoms with E-state index in [1.807, 2.05) is 6.92 Å². The first kappa shape index (κ1) is 14.1. The number of esters is 1. The molecular formula is C11H18ClNO4. The van der Waals surface area contributed by atoms with Gasteiger partial charge in [-0.15, -0.1) is 11.6 Å². The van der Waals surface area contributed by atoms with Crippen molar-refractivity contribution < 1.29 is 19.1 Å². The van der Waals surface area contributed by atoms with E-state index >= 15 is 0 Å². The van der Waals surface area contributed by atoms with E-state index in [2.05, 4.69) is 4.74 Å². The maximum absolute atomic E-state index is 11.8. The molecule has 1 amide bonds. The smallest absolute Gasteiger partial charge is 0.410 e. The Labute approximate surface area is 106 Å². The maximum atomic E-state index is 11.8. The molecule has 0 aromatic rings. The average molecular weight is 264 g/mol. The third kappa shape index (κ3) is 2.83. The van der Waals surface area contributed by atoms with Crippen LogP contribution >= 0.6 is 11.6 Å². The Kier molecular flexibility index (Phi) is 5.05. The van der Waals surface area contributed by atoms with Gasteiger partial charge < -0.3 is 9.47 Å². The molecule has 0 unspecified atom stereocenters. The van der Waals surface area contributed by atoms with Crippen LogP contribution in [0, 0.1) is 5.92 Å². The molecule has 1 fully saturated rings. The minimum Gasteiger partial charge on any atom is -0.467 e. The summed E-state index contributed by atoms with van der Waals surface area (Å²) in [5.74, 6) is -0.537. The molecule has 3 atom stereocenters. The van der Waals surface area contributed by atoms with Gasteiger partial charge in [-0.25, -0.2) is 9.59 Å². The van der Waals surface area contributed by atoms with Crippen molar-refractivity contribution in [2.24, 2.45) is 5.92 Å². The Morgan fingerprint density at radius 3 is 2.47 bits per heavy atom. The van der Waals surface area contributed by atoms with Gasteiger partial charge in [-0.1, -0.05) is 6.92 Å². The van der Waals surface area contributed by atoms with E-state index in [0.29, 0.717) is 19.4 Å². The molecule has 6 heteroatoms. The molecule has 0 aromatic carbocycles. The van der Waals surface area contributed by atoms with E-state index in [9.17, 15) is 9.59 Å². The van der Waals surface area contributed by atoms with Crippen LogP contribution in [0.5, 0.6) is 0 Å². The van der Waals surface area contributed by atoms with Crippen LogP contribution in [0.4, 0.5) is 4.79 Å². The van der Waals surface area contributed by atoms with Crippen molar-refractivity contribution in [1.82, 2.24) is 4.90 Å². The lowest BCUT2D eigenvalue weighted by atomic mass is 9.87. The van der Waals surface area contributed by atoms with E-state index in [4.69, 9.17) is 16.3 Å². The molecule has 1 rings (SSSR count). The van der Waals surface area contributed by atoms with Gasteiger partial charge in [-0.2, -0.15) is 0 Å². The van der Waals surface area contributed by atoms with Gasteiger partial charge in [0.1, 0.15) is 6.04 Å². The molecule has 1 saturated heterocycles. The number of halogens is 1. The SMILES string of the molecule is CC[C@H]1[C@@H](C(=O)OC)N(C(=O)OC)CC[C@@H]1Cl. The topological polar surface area (TPSA) is 55.8 Å². The van der Waals surface area contributed by atoms with Crippen molar-refractivity contribution >= 4 is 23.7 Å². The van der Waals surface area contributed by atoms with E-state index in [1.54, 1.807) is 0 Å². The predicted molar refractivity (Wildman–Crippen MR) is 63.0 cm³/mol. The molecule has 98 valence electrons. The molecule has 1 heterocycles. The number of piperidine rings is 1. The van der Waals surface area contributed by atoms with Crippen LogP contribution in [0.25, 0.3) is 0 Å². The van der Waals surface area contributed by atoms with E-state index in [0.717, 1.165) is 0 Å². The molecule has 0 spiro atoms.